The van der Waals surface area contributed by atoms with Crippen LogP contribution >= 0.6 is 0 Å². The third-order valence-corrected chi connectivity index (χ3v) is 4.43. The number of ether oxygens (including phenoxy) is 1. The molecule has 20 heavy (non-hydrogen) atoms. The van der Waals surface area contributed by atoms with Crippen LogP contribution in [0.3, 0.4) is 0 Å². The third kappa shape index (κ3) is 3.04. The Bertz CT molecular complexity index is 407. The molecule has 2 unspecified atom stereocenters. The fourth-order valence-corrected chi connectivity index (χ4v) is 2.97. The van der Waals surface area contributed by atoms with Crippen molar-refractivity contribution in [1.29, 1.82) is 0 Å². The first kappa shape index (κ1) is 15.4. The first-order valence-corrected chi connectivity index (χ1v) is 7.86. The fourth-order valence-electron chi connectivity index (χ4n) is 2.97. The molecule has 2 rings (SSSR count). The van der Waals surface area contributed by atoms with E-state index >= 15 is 0 Å². The van der Waals surface area contributed by atoms with Crippen molar-refractivity contribution in [2.24, 2.45) is 5.73 Å². The van der Waals surface area contributed by atoms with Gasteiger partial charge in [-0.25, -0.2) is 0 Å². The molecule has 0 aromatic carbocycles. The standard InChI is InChI=1S/C15H27N3O2/c1-4-12(16)11(3)13-17-14(18-20-13)15(19-5-2)9-7-6-8-10-15/h11-12H,4-10,16H2,1-3H3. The Morgan fingerprint density at radius 1 is 1.30 bits per heavy atom. The molecule has 2 atom stereocenters. The van der Waals surface area contributed by atoms with Crippen molar-refractivity contribution in [3.63, 3.8) is 0 Å². The summed E-state index contributed by atoms with van der Waals surface area (Å²) >= 11 is 0. The van der Waals surface area contributed by atoms with Crippen LogP contribution in [0.2, 0.25) is 0 Å². The molecule has 1 aliphatic carbocycles. The van der Waals surface area contributed by atoms with Crippen molar-refractivity contribution in [2.75, 3.05) is 6.61 Å². The van der Waals surface area contributed by atoms with E-state index in [1.165, 1.54) is 6.42 Å². The van der Waals surface area contributed by atoms with Crippen molar-refractivity contribution in [1.82, 2.24) is 10.1 Å². The van der Waals surface area contributed by atoms with Crippen LogP contribution in [0.1, 0.15) is 76.9 Å². The van der Waals surface area contributed by atoms with E-state index in [-0.39, 0.29) is 17.6 Å². The summed E-state index contributed by atoms with van der Waals surface area (Å²) in [5.74, 6) is 1.44. The average molecular weight is 281 g/mol. The molecule has 1 fully saturated rings. The Balaban J connectivity index is 2.20. The molecule has 0 amide bonds. The molecule has 1 heterocycles. The highest BCUT2D eigenvalue weighted by Crippen LogP contribution is 2.39. The summed E-state index contributed by atoms with van der Waals surface area (Å²) in [6.07, 6.45) is 6.44. The maximum Gasteiger partial charge on any atom is 0.231 e. The zero-order valence-electron chi connectivity index (χ0n) is 12.9. The Morgan fingerprint density at radius 3 is 2.60 bits per heavy atom. The van der Waals surface area contributed by atoms with E-state index in [0.29, 0.717) is 18.3 Å². The number of rotatable bonds is 6. The summed E-state index contributed by atoms with van der Waals surface area (Å²) in [6, 6.07) is 0.0534. The van der Waals surface area contributed by atoms with Crippen molar-refractivity contribution < 1.29 is 9.26 Å². The molecule has 1 aliphatic rings. The molecule has 1 aromatic heterocycles. The van der Waals surface area contributed by atoms with E-state index in [1.807, 2.05) is 13.8 Å². The van der Waals surface area contributed by atoms with E-state index in [1.54, 1.807) is 0 Å². The summed E-state index contributed by atoms with van der Waals surface area (Å²) < 4.78 is 11.5. The van der Waals surface area contributed by atoms with Gasteiger partial charge in [-0.1, -0.05) is 38.3 Å². The van der Waals surface area contributed by atoms with Gasteiger partial charge < -0.3 is 15.0 Å². The fraction of sp³-hybridized carbons (Fsp3) is 0.867. The summed E-state index contributed by atoms with van der Waals surface area (Å²) in [7, 11) is 0. The topological polar surface area (TPSA) is 74.2 Å². The molecule has 2 N–H and O–H groups in total. The lowest BCUT2D eigenvalue weighted by Gasteiger charge is -2.33. The van der Waals surface area contributed by atoms with E-state index in [0.717, 1.165) is 32.1 Å². The summed E-state index contributed by atoms with van der Waals surface area (Å²) in [4.78, 5) is 4.61. The molecular weight excluding hydrogens is 254 g/mol. The van der Waals surface area contributed by atoms with E-state index in [2.05, 4.69) is 17.1 Å². The molecule has 0 aliphatic heterocycles. The first-order chi connectivity index (χ1) is 9.63. The minimum atomic E-state index is -0.342. The van der Waals surface area contributed by atoms with Gasteiger partial charge in [0.15, 0.2) is 0 Å². The summed E-state index contributed by atoms with van der Waals surface area (Å²) in [6.45, 7) is 6.81. The lowest BCUT2D eigenvalue weighted by Crippen LogP contribution is -2.34. The smallest absolute Gasteiger partial charge is 0.231 e. The molecule has 5 heteroatoms. The highest BCUT2D eigenvalue weighted by atomic mass is 16.5. The Kier molecular flexibility index (Phi) is 5.16. The second kappa shape index (κ2) is 6.68. The van der Waals surface area contributed by atoms with Gasteiger partial charge in [0.25, 0.3) is 0 Å². The largest absolute Gasteiger partial charge is 0.367 e. The lowest BCUT2D eigenvalue weighted by molar-refractivity contribution is -0.0777. The van der Waals surface area contributed by atoms with Gasteiger partial charge >= 0.3 is 0 Å². The van der Waals surface area contributed by atoms with Crippen LogP contribution in [0, 0.1) is 0 Å². The quantitative estimate of drug-likeness (QED) is 0.867. The van der Waals surface area contributed by atoms with E-state index < -0.39 is 0 Å². The van der Waals surface area contributed by atoms with Crippen LogP contribution < -0.4 is 5.73 Å². The summed E-state index contributed by atoms with van der Waals surface area (Å²) in [5.41, 5.74) is 5.73. The van der Waals surface area contributed by atoms with E-state index in [9.17, 15) is 0 Å². The van der Waals surface area contributed by atoms with Gasteiger partial charge in [-0.15, -0.1) is 0 Å². The van der Waals surface area contributed by atoms with E-state index in [4.69, 9.17) is 15.0 Å². The normalized spacial score (nSPS) is 21.6. The van der Waals surface area contributed by atoms with Gasteiger partial charge in [0.2, 0.25) is 11.7 Å². The van der Waals surface area contributed by atoms with Gasteiger partial charge in [-0.05, 0) is 26.2 Å². The molecular formula is C15H27N3O2. The molecule has 0 spiro atoms. The Morgan fingerprint density at radius 2 is 2.00 bits per heavy atom. The first-order valence-electron chi connectivity index (χ1n) is 7.86. The molecule has 1 aromatic rings. The third-order valence-electron chi connectivity index (χ3n) is 4.43. The van der Waals surface area contributed by atoms with Crippen LogP contribution in [0.5, 0.6) is 0 Å². The van der Waals surface area contributed by atoms with Crippen LogP contribution in [-0.2, 0) is 10.3 Å². The molecule has 5 nitrogen and oxygen atoms in total. The zero-order valence-corrected chi connectivity index (χ0v) is 12.9. The number of aromatic nitrogens is 2. The molecule has 114 valence electrons. The second-order valence-corrected chi connectivity index (χ2v) is 5.80. The maximum atomic E-state index is 6.07. The monoisotopic (exact) mass is 281 g/mol. The number of nitrogens with two attached hydrogens (primary N) is 1. The number of nitrogens with zero attached hydrogens (tertiary/aromatic N) is 2. The summed E-state index contributed by atoms with van der Waals surface area (Å²) in [5, 5.41) is 4.20. The van der Waals surface area contributed by atoms with Crippen LogP contribution in [-0.4, -0.2) is 22.8 Å². The minimum Gasteiger partial charge on any atom is -0.367 e. The highest BCUT2D eigenvalue weighted by Gasteiger charge is 2.39. The van der Waals surface area contributed by atoms with Crippen LogP contribution in [0.25, 0.3) is 0 Å². The lowest BCUT2D eigenvalue weighted by atomic mass is 9.84. The van der Waals surface area contributed by atoms with Gasteiger partial charge in [0.1, 0.15) is 5.60 Å². The minimum absolute atomic E-state index is 0.0534. The molecule has 1 saturated carbocycles. The second-order valence-electron chi connectivity index (χ2n) is 5.80. The maximum absolute atomic E-state index is 6.07. The Labute approximate surface area is 121 Å². The molecule has 0 radical (unpaired) electrons. The van der Waals surface area contributed by atoms with Crippen molar-refractivity contribution in [2.45, 2.75) is 76.9 Å². The highest BCUT2D eigenvalue weighted by molar-refractivity contribution is 5.06. The van der Waals surface area contributed by atoms with Gasteiger partial charge in [0.05, 0.1) is 5.92 Å². The predicted molar refractivity (Wildman–Crippen MR) is 77.4 cm³/mol. The number of hydrogen-bond donors (Lipinski definition) is 1. The average Bonchev–Trinajstić information content (AvgIpc) is 2.97. The van der Waals surface area contributed by atoms with Gasteiger partial charge in [0, 0.05) is 12.6 Å². The van der Waals surface area contributed by atoms with Gasteiger partial charge in [-0.3, -0.25) is 0 Å². The van der Waals surface area contributed by atoms with Crippen LogP contribution in [0.15, 0.2) is 4.52 Å². The van der Waals surface area contributed by atoms with Gasteiger partial charge in [-0.2, -0.15) is 4.98 Å². The predicted octanol–water partition coefficient (Wildman–Crippen LogP) is 3.11. The number of hydrogen-bond acceptors (Lipinski definition) is 5. The van der Waals surface area contributed by atoms with Crippen LogP contribution in [0.4, 0.5) is 0 Å². The van der Waals surface area contributed by atoms with Crippen molar-refractivity contribution in [3.05, 3.63) is 11.7 Å². The Hall–Kier alpha value is -0.940. The molecule has 0 saturated heterocycles. The zero-order chi connectivity index (χ0) is 14.6. The van der Waals surface area contributed by atoms with Crippen molar-refractivity contribution in [3.8, 4) is 0 Å². The SMILES string of the molecule is CCOC1(c2noc(C(C)C(N)CC)n2)CCCCC1. The molecule has 0 bridgehead atoms. The van der Waals surface area contributed by atoms with Crippen molar-refractivity contribution >= 4 is 0 Å².